The molecule has 2 aromatic rings. The van der Waals surface area contributed by atoms with Gasteiger partial charge in [0, 0.05) is 10.2 Å². The van der Waals surface area contributed by atoms with Gasteiger partial charge in [-0.2, -0.15) is 5.26 Å². The number of anilines is 1. The zero-order chi connectivity index (χ0) is 20.5. The zero-order valence-electron chi connectivity index (χ0n) is 15.0. The van der Waals surface area contributed by atoms with Crippen molar-refractivity contribution in [1.29, 1.82) is 5.26 Å². The lowest BCUT2D eigenvalue weighted by Gasteiger charge is -2.13. The van der Waals surface area contributed by atoms with E-state index in [9.17, 15) is 10.1 Å². The number of carbonyl (C=O) groups excluding carboxylic acids is 1. The summed E-state index contributed by atoms with van der Waals surface area (Å²) in [5.41, 5.74) is 1.00. The lowest BCUT2D eigenvalue weighted by Crippen LogP contribution is -2.13. The first-order valence-electron chi connectivity index (χ1n) is 8.19. The minimum absolute atomic E-state index is 0.0357. The van der Waals surface area contributed by atoms with E-state index in [4.69, 9.17) is 27.5 Å². The minimum Gasteiger partial charge on any atom is -0.490 e. The van der Waals surface area contributed by atoms with Gasteiger partial charge in [-0.1, -0.05) is 33.5 Å². The van der Waals surface area contributed by atoms with E-state index in [0.29, 0.717) is 29.4 Å². The molecule has 0 atom stereocenters. The molecule has 0 aromatic heterocycles. The van der Waals surface area contributed by atoms with Crippen molar-refractivity contribution in [2.75, 3.05) is 18.5 Å². The molecular weight excluding hydrogens is 444 g/mol. The third kappa shape index (κ3) is 5.79. The van der Waals surface area contributed by atoms with Crippen molar-refractivity contribution in [3.63, 3.8) is 0 Å². The average Bonchev–Trinajstić information content (AvgIpc) is 2.67. The Morgan fingerprint density at radius 3 is 2.64 bits per heavy atom. The van der Waals surface area contributed by atoms with Crippen LogP contribution < -0.4 is 14.8 Å². The van der Waals surface area contributed by atoms with Gasteiger partial charge in [0.1, 0.15) is 18.2 Å². The van der Waals surface area contributed by atoms with Gasteiger partial charge in [-0.15, -0.1) is 6.42 Å². The van der Waals surface area contributed by atoms with Crippen LogP contribution in [0.1, 0.15) is 12.5 Å². The smallest absolute Gasteiger partial charge is 0.266 e. The Labute approximate surface area is 177 Å². The number of ether oxygens (including phenoxy) is 2. The van der Waals surface area contributed by atoms with Gasteiger partial charge in [0.2, 0.25) is 0 Å². The Morgan fingerprint density at radius 2 is 2.04 bits per heavy atom. The molecular formula is C21H16BrClN2O3. The number of nitrogens with zero attached hydrogens (tertiary/aromatic N) is 1. The lowest BCUT2D eigenvalue weighted by atomic mass is 10.1. The van der Waals surface area contributed by atoms with E-state index in [0.717, 1.165) is 4.47 Å². The Morgan fingerprint density at radius 1 is 1.32 bits per heavy atom. The molecule has 28 heavy (non-hydrogen) atoms. The number of benzene rings is 2. The van der Waals surface area contributed by atoms with Crippen LogP contribution in [0, 0.1) is 23.7 Å². The molecule has 0 aliphatic heterocycles. The van der Waals surface area contributed by atoms with Crippen molar-refractivity contribution in [2.24, 2.45) is 0 Å². The van der Waals surface area contributed by atoms with Crippen molar-refractivity contribution in [1.82, 2.24) is 0 Å². The summed E-state index contributed by atoms with van der Waals surface area (Å²) in [6.07, 6.45) is 6.64. The molecule has 1 N–H and O–H groups in total. The van der Waals surface area contributed by atoms with E-state index >= 15 is 0 Å². The third-order valence-corrected chi connectivity index (χ3v) is 4.22. The molecule has 2 aromatic carbocycles. The highest BCUT2D eigenvalue weighted by molar-refractivity contribution is 9.10. The van der Waals surface area contributed by atoms with Gasteiger partial charge >= 0.3 is 0 Å². The van der Waals surface area contributed by atoms with Crippen LogP contribution >= 0.6 is 27.5 Å². The van der Waals surface area contributed by atoms with Gasteiger partial charge in [-0.25, -0.2) is 0 Å². The monoisotopic (exact) mass is 458 g/mol. The highest BCUT2D eigenvalue weighted by Gasteiger charge is 2.14. The maximum atomic E-state index is 12.4. The molecule has 5 nitrogen and oxygen atoms in total. The molecule has 142 valence electrons. The Kier molecular flexibility index (Phi) is 7.95. The SMILES string of the molecule is C#CCOc1c(Cl)cc(/C=C(\C#N)C(=O)Nc2ccc(Br)cc2)cc1OCC. The molecule has 0 aliphatic rings. The normalized spacial score (nSPS) is 10.5. The number of hydrogen-bond acceptors (Lipinski definition) is 4. The molecule has 0 saturated carbocycles. The summed E-state index contributed by atoms with van der Waals surface area (Å²) < 4.78 is 11.9. The fraction of sp³-hybridized carbons (Fsp3) is 0.143. The number of nitrogens with one attached hydrogen (secondary N) is 1. The van der Waals surface area contributed by atoms with E-state index in [1.165, 1.54) is 6.08 Å². The molecule has 0 saturated heterocycles. The maximum Gasteiger partial charge on any atom is 0.266 e. The molecule has 0 bridgehead atoms. The molecule has 0 heterocycles. The van der Waals surface area contributed by atoms with Crippen LogP contribution in [0.15, 0.2) is 46.4 Å². The highest BCUT2D eigenvalue weighted by atomic mass is 79.9. The van der Waals surface area contributed by atoms with Crippen molar-refractivity contribution in [2.45, 2.75) is 6.92 Å². The van der Waals surface area contributed by atoms with Gasteiger partial charge < -0.3 is 14.8 Å². The van der Waals surface area contributed by atoms with Crippen molar-refractivity contribution in [3.05, 3.63) is 57.0 Å². The number of carbonyl (C=O) groups is 1. The summed E-state index contributed by atoms with van der Waals surface area (Å²) in [4.78, 5) is 12.4. The first kappa shape index (κ1) is 21.4. The van der Waals surface area contributed by atoms with Crippen molar-refractivity contribution < 1.29 is 14.3 Å². The van der Waals surface area contributed by atoms with Crippen LogP contribution in [-0.4, -0.2) is 19.1 Å². The van der Waals surface area contributed by atoms with Crippen LogP contribution in [0.4, 0.5) is 5.69 Å². The van der Waals surface area contributed by atoms with Crippen molar-refractivity contribution >= 4 is 45.2 Å². The van der Waals surface area contributed by atoms with Gasteiger partial charge in [-0.05, 0) is 55.0 Å². The molecule has 0 spiro atoms. The molecule has 0 aliphatic carbocycles. The second-order valence-electron chi connectivity index (χ2n) is 5.39. The number of terminal acetylenes is 1. The number of halogens is 2. The van der Waals surface area contributed by atoms with E-state index in [-0.39, 0.29) is 17.2 Å². The Bertz CT molecular complexity index is 973. The largest absolute Gasteiger partial charge is 0.490 e. The standard InChI is InChI=1S/C21H16BrClN2O3/c1-3-9-28-20-18(23)11-14(12-19(20)27-4-2)10-15(13-24)21(26)25-17-7-5-16(22)6-8-17/h1,5-8,10-12H,4,9H2,2H3,(H,25,26)/b15-10+. The van der Waals surface area contributed by atoms with E-state index in [2.05, 4.69) is 27.2 Å². The summed E-state index contributed by atoms with van der Waals surface area (Å²) in [5.74, 6) is 2.52. The molecule has 7 heteroatoms. The van der Waals surface area contributed by atoms with Gasteiger partial charge in [0.05, 0.1) is 11.6 Å². The summed E-state index contributed by atoms with van der Waals surface area (Å²) in [7, 11) is 0. The molecule has 0 unspecified atom stereocenters. The minimum atomic E-state index is -0.536. The Hall–Kier alpha value is -2.93. The first-order valence-corrected chi connectivity index (χ1v) is 9.37. The Balaban J connectivity index is 2.32. The maximum absolute atomic E-state index is 12.4. The summed E-state index contributed by atoms with van der Waals surface area (Å²) in [6, 6.07) is 12.1. The number of amides is 1. The summed E-state index contributed by atoms with van der Waals surface area (Å²) in [5, 5.41) is 12.3. The second kappa shape index (κ2) is 10.4. The fourth-order valence-corrected chi connectivity index (χ4v) is 2.77. The zero-order valence-corrected chi connectivity index (χ0v) is 17.3. The highest BCUT2D eigenvalue weighted by Crippen LogP contribution is 2.37. The van der Waals surface area contributed by atoms with Gasteiger partial charge in [-0.3, -0.25) is 4.79 Å². The third-order valence-electron chi connectivity index (χ3n) is 3.41. The first-order chi connectivity index (χ1) is 13.5. The van der Waals surface area contributed by atoms with Crippen LogP contribution in [0.2, 0.25) is 5.02 Å². The number of hydrogen-bond donors (Lipinski definition) is 1. The molecule has 2 rings (SSSR count). The topological polar surface area (TPSA) is 71.3 Å². The molecule has 0 fully saturated rings. The fourth-order valence-electron chi connectivity index (χ4n) is 2.24. The summed E-state index contributed by atoms with van der Waals surface area (Å²) >= 11 is 9.59. The second-order valence-corrected chi connectivity index (χ2v) is 6.71. The quantitative estimate of drug-likeness (QED) is 0.357. The summed E-state index contributed by atoms with van der Waals surface area (Å²) in [6.45, 7) is 2.23. The van der Waals surface area contributed by atoms with E-state index < -0.39 is 5.91 Å². The van der Waals surface area contributed by atoms with E-state index in [1.54, 1.807) is 36.4 Å². The number of nitriles is 1. The van der Waals surface area contributed by atoms with Crippen LogP contribution in [0.3, 0.4) is 0 Å². The predicted molar refractivity (Wildman–Crippen MR) is 113 cm³/mol. The van der Waals surface area contributed by atoms with Gasteiger partial charge in [0.15, 0.2) is 11.5 Å². The predicted octanol–water partition coefficient (Wildman–Crippen LogP) is 5.06. The number of rotatable bonds is 7. The van der Waals surface area contributed by atoms with Gasteiger partial charge in [0.25, 0.3) is 5.91 Å². The van der Waals surface area contributed by atoms with Crippen LogP contribution in [0.25, 0.3) is 6.08 Å². The van der Waals surface area contributed by atoms with E-state index in [1.807, 2.05) is 13.0 Å². The molecule has 1 amide bonds. The lowest BCUT2D eigenvalue weighted by molar-refractivity contribution is -0.112. The van der Waals surface area contributed by atoms with Crippen LogP contribution in [-0.2, 0) is 4.79 Å². The average molecular weight is 460 g/mol. The van der Waals surface area contributed by atoms with Crippen molar-refractivity contribution in [3.8, 4) is 29.9 Å². The molecule has 0 radical (unpaired) electrons. The van der Waals surface area contributed by atoms with Crippen LogP contribution in [0.5, 0.6) is 11.5 Å².